The summed E-state index contributed by atoms with van der Waals surface area (Å²) in [5.41, 5.74) is 3.15. The summed E-state index contributed by atoms with van der Waals surface area (Å²) in [5.74, 6) is 0.0905. The van der Waals surface area contributed by atoms with Crippen LogP contribution in [0.15, 0.2) is 86.7 Å². The highest BCUT2D eigenvalue weighted by molar-refractivity contribution is 8.02. The molecular formula is C30H42F3NO3S. The maximum atomic E-state index is 12.8. The quantitative estimate of drug-likeness (QED) is 0.166. The Bertz CT molecular complexity index is 993. The van der Waals surface area contributed by atoms with E-state index in [0.29, 0.717) is 18.6 Å². The number of ether oxygens (including phenoxy) is 1. The number of aliphatic carboxylic acids is 1. The van der Waals surface area contributed by atoms with Crippen LogP contribution in [-0.4, -0.2) is 36.3 Å². The van der Waals surface area contributed by atoms with E-state index < -0.39 is 17.7 Å². The van der Waals surface area contributed by atoms with Crippen LogP contribution in [0.25, 0.3) is 0 Å². The summed E-state index contributed by atoms with van der Waals surface area (Å²) in [6, 6.07) is 0. The lowest BCUT2D eigenvalue weighted by Gasteiger charge is -2.10. The standard InChI is InChI=1S/C26H32F3NOS.C2H4O2.C2H6/c1-5-9-21(16-19(2)26(27,28)29)18-30-25(20(3)32-4)14-8-15-31-24-13-7-11-22-10-6-12-23(22)17-24;1-2(3)4;1-2/h5,9,11,13,16-18H,2,6-8,10,12,14-15H2,1,3-4H3;1H3,(H,3,4);1-2H3/b9-5-,21-16+,25-20-,30-18-;;. The molecule has 0 aliphatic heterocycles. The van der Waals surface area contributed by atoms with Crippen LogP contribution in [0.3, 0.4) is 0 Å². The van der Waals surface area contributed by atoms with E-state index in [0.717, 1.165) is 55.0 Å². The number of thioether (sulfide) groups is 1. The van der Waals surface area contributed by atoms with Crippen molar-refractivity contribution >= 4 is 23.9 Å². The zero-order valence-electron chi connectivity index (χ0n) is 23.5. The first-order valence-corrected chi connectivity index (χ1v) is 14.0. The first-order valence-electron chi connectivity index (χ1n) is 12.8. The fraction of sp³-hybridized carbons (Fsp3) is 0.467. The molecule has 0 unspecified atom stereocenters. The van der Waals surface area contributed by atoms with Crippen molar-refractivity contribution in [2.75, 3.05) is 12.9 Å². The number of rotatable bonds is 10. The molecule has 2 aliphatic carbocycles. The summed E-state index contributed by atoms with van der Waals surface area (Å²) in [7, 11) is 0. The number of nitrogens with zero attached hydrogens (tertiary/aromatic N) is 1. The second-order valence-electron chi connectivity index (χ2n) is 8.20. The van der Waals surface area contributed by atoms with E-state index in [1.165, 1.54) is 23.8 Å². The molecule has 0 aromatic heterocycles. The molecule has 2 aliphatic rings. The van der Waals surface area contributed by atoms with Crippen LogP contribution in [-0.2, 0) is 9.53 Å². The van der Waals surface area contributed by atoms with Crippen LogP contribution in [0.2, 0.25) is 0 Å². The van der Waals surface area contributed by atoms with Gasteiger partial charge in [-0.15, -0.1) is 11.8 Å². The fourth-order valence-electron chi connectivity index (χ4n) is 3.47. The molecular weight excluding hydrogens is 511 g/mol. The first-order chi connectivity index (χ1) is 18.0. The van der Waals surface area contributed by atoms with Crippen molar-refractivity contribution in [3.63, 3.8) is 0 Å². The number of hydrogen-bond donors (Lipinski definition) is 1. The number of carboxylic acids is 1. The largest absolute Gasteiger partial charge is 0.494 e. The van der Waals surface area contributed by atoms with Crippen molar-refractivity contribution in [2.24, 2.45) is 4.99 Å². The molecule has 0 aromatic rings. The molecule has 0 amide bonds. The third-order valence-corrected chi connectivity index (χ3v) is 6.13. The molecule has 0 radical (unpaired) electrons. The summed E-state index contributed by atoms with van der Waals surface area (Å²) in [4.78, 5) is 14.5. The van der Waals surface area contributed by atoms with Crippen molar-refractivity contribution in [2.45, 2.75) is 79.3 Å². The highest BCUT2D eigenvalue weighted by Gasteiger charge is 2.30. The Balaban J connectivity index is 0.00000208. The lowest BCUT2D eigenvalue weighted by atomic mass is 10.1. The minimum Gasteiger partial charge on any atom is -0.494 e. The number of halogens is 3. The van der Waals surface area contributed by atoms with Crippen molar-refractivity contribution in [3.8, 4) is 0 Å². The van der Waals surface area contributed by atoms with Gasteiger partial charge in [-0.1, -0.05) is 38.7 Å². The molecule has 4 nitrogen and oxygen atoms in total. The Morgan fingerprint density at radius 3 is 2.42 bits per heavy atom. The van der Waals surface area contributed by atoms with Gasteiger partial charge < -0.3 is 9.84 Å². The molecule has 0 spiro atoms. The molecule has 0 bridgehead atoms. The van der Waals surface area contributed by atoms with Crippen LogP contribution in [0.1, 0.15) is 73.1 Å². The van der Waals surface area contributed by atoms with Crippen LogP contribution >= 0.6 is 11.8 Å². The van der Waals surface area contributed by atoms with E-state index in [2.05, 4.69) is 29.8 Å². The van der Waals surface area contributed by atoms with E-state index in [-0.39, 0.29) is 0 Å². The molecule has 0 aromatic carbocycles. The molecule has 0 atom stereocenters. The highest BCUT2D eigenvalue weighted by Crippen LogP contribution is 2.33. The van der Waals surface area contributed by atoms with Gasteiger partial charge in [-0.05, 0) is 93.6 Å². The van der Waals surface area contributed by atoms with E-state index in [1.54, 1.807) is 30.8 Å². The summed E-state index contributed by atoms with van der Waals surface area (Å²) >= 11 is 1.58. The van der Waals surface area contributed by atoms with Crippen molar-refractivity contribution in [1.29, 1.82) is 0 Å². The van der Waals surface area contributed by atoms with Crippen LogP contribution in [0, 0.1) is 0 Å². The number of aliphatic imine (C=N–C) groups is 1. The smallest absolute Gasteiger partial charge is 0.415 e. The molecule has 0 heterocycles. The van der Waals surface area contributed by atoms with Crippen molar-refractivity contribution in [1.82, 2.24) is 0 Å². The normalized spacial score (nSPS) is 16.1. The lowest BCUT2D eigenvalue weighted by molar-refractivity contribution is -0.134. The minimum atomic E-state index is -4.46. The number of hydrogen-bond acceptors (Lipinski definition) is 4. The number of carbonyl (C=O) groups is 1. The molecule has 2 rings (SSSR count). The summed E-state index contributed by atoms with van der Waals surface area (Å²) in [6.45, 7) is 12.5. The molecule has 1 saturated carbocycles. The van der Waals surface area contributed by atoms with Gasteiger partial charge in [0.1, 0.15) is 5.76 Å². The molecule has 1 N–H and O–H groups in total. The van der Waals surface area contributed by atoms with Gasteiger partial charge in [0, 0.05) is 29.3 Å². The van der Waals surface area contributed by atoms with E-state index in [9.17, 15) is 13.2 Å². The number of allylic oxidation sites excluding steroid dienone is 12. The Morgan fingerprint density at radius 1 is 1.21 bits per heavy atom. The van der Waals surface area contributed by atoms with Crippen LogP contribution in [0.4, 0.5) is 13.2 Å². The maximum absolute atomic E-state index is 12.8. The van der Waals surface area contributed by atoms with Gasteiger partial charge in [0.05, 0.1) is 6.61 Å². The fourth-order valence-corrected chi connectivity index (χ4v) is 3.86. The van der Waals surface area contributed by atoms with E-state index in [4.69, 9.17) is 14.6 Å². The van der Waals surface area contributed by atoms with Gasteiger partial charge in [-0.2, -0.15) is 13.2 Å². The monoisotopic (exact) mass is 553 g/mol. The second kappa shape index (κ2) is 19.3. The van der Waals surface area contributed by atoms with E-state index >= 15 is 0 Å². The Kier molecular flexibility index (Phi) is 18.0. The van der Waals surface area contributed by atoms with Gasteiger partial charge in [0.25, 0.3) is 5.97 Å². The zero-order valence-corrected chi connectivity index (χ0v) is 24.3. The number of alkyl halides is 3. The Labute approximate surface area is 230 Å². The van der Waals surface area contributed by atoms with Crippen molar-refractivity contribution < 1.29 is 27.8 Å². The molecule has 212 valence electrons. The summed E-state index contributed by atoms with van der Waals surface area (Å²) in [6.07, 6.45) is 15.7. The molecule has 8 heteroatoms. The predicted octanol–water partition coefficient (Wildman–Crippen LogP) is 9.51. The Morgan fingerprint density at radius 2 is 1.84 bits per heavy atom. The molecule has 38 heavy (non-hydrogen) atoms. The second-order valence-corrected chi connectivity index (χ2v) is 9.22. The van der Waals surface area contributed by atoms with Gasteiger partial charge in [0.15, 0.2) is 0 Å². The SMILES string of the molecule is C=C(/C=C(\C=C/C)/C=N\C(CCCOC1=CCC=C2CCCC2=C1)=C(\C)SC)C(F)(F)F.CC.CC(=O)O. The third kappa shape index (κ3) is 14.9. The number of fused-ring (bicyclic) bond motifs is 1. The summed E-state index contributed by atoms with van der Waals surface area (Å²) in [5, 5.41) is 7.42. The van der Waals surface area contributed by atoms with Gasteiger partial charge in [-0.3, -0.25) is 9.79 Å². The molecule has 0 saturated heterocycles. The van der Waals surface area contributed by atoms with Crippen molar-refractivity contribution in [3.05, 3.63) is 81.7 Å². The van der Waals surface area contributed by atoms with Gasteiger partial charge in [0.2, 0.25) is 0 Å². The topological polar surface area (TPSA) is 58.9 Å². The van der Waals surface area contributed by atoms with Crippen LogP contribution in [0.5, 0.6) is 0 Å². The zero-order chi connectivity index (χ0) is 29.1. The highest BCUT2D eigenvalue weighted by atomic mass is 32.2. The van der Waals surface area contributed by atoms with Crippen LogP contribution < -0.4 is 0 Å². The van der Waals surface area contributed by atoms with E-state index in [1.807, 2.05) is 27.0 Å². The van der Waals surface area contributed by atoms with Gasteiger partial charge >= 0.3 is 6.18 Å². The maximum Gasteiger partial charge on any atom is 0.415 e. The average Bonchev–Trinajstić information content (AvgIpc) is 3.20. The minimum absolute atomic E-state index is 0.354. The first kappa shape index (κ1) is 35.3. The lowest BCUT2D eigenvalue weighted by Crippen LogP contribution is -2.09. The molecule has 1 fully saturated rings. The third-order valence-electron chi connectivity index (χ3n) is 5.28. The number of carboxylic acid groups (broad SMARTS) is 1. The average molecular weight is 554 g/mol. The summed E-state index contributed by atoms with van der Waals surface area (Å²) < 4.78 is 44.5. The Hall–Kier alpha value is -2.74. The van der Waals surface area contributed by atoms with Gasteiger partial charge in [-0.25, -0.2) is 0 Å². The predicted molar refractivity (Wildman–Crippen MR) is 155 cm³/mol.